The van der Waals surface area contributed by atoms with E-state index in [1.807, 2.05) is 0 Å². The minimum Gasteiger partial charge on any atom is -0.463 e. The monoisotopic (exact) mass is 466 g/mol. The van der Waals surface area contributed by atoms with Gasteiger partial charge in [-0.1, -0.05) is 0 Å². The zero-order chi connectivity index (χ0) is 24.2. The molecule has 32 heavy (non-hydrogen) atoms. The second kappa shape index (κ2) is 11.3. The molecule has 0 radical (unpaired) electrons. The largest absolute Gasteiger partial charge is 0.463 e. The first-order valence-corrected chi connectivity index (χ1v) is 9.93. The van der Waals surface area contributed by atoms with Gasteiger partial charge in [-0.15, -0.1) is 0 Å². The molecule has 0 saturated carbocycles. The van der Waals surface area contributed by atoms with E-state index in [4.69, 9.17) is 18.9 Å². The number of ether oxygens (including phenoxy) is 4. The predicted octanol–water partition coefficient (Wildman–Crippen LogP) is -4.54. The lowest BCUT2D eigenvalue weighted by Gasteiger charge is -2.47. The van der Waals surface area contributed by atoms with Crippen LogP contribution in [0.2, 0.25) is 0 Å². The number of carbonyl (C=O) groups excluding carboxylic acids is 3. The van der Waals surface area contributed by atoms with Crippen LogP contribution in [0.1, 0.15) is 20.8 Å². The van der Waals surface area contributed by atoms with Gasteiger partial charge in [0.25, 0.3) is 0 Å². The van der Waals surface area contributed by atoms with Crippen molar-refractivity contribution in [3.8, 4) is 0 Å². The number of carbonyl (C=O) groups is 3. The van der Waals surface area contributed by atoms with Crippen LogP contribution >= 0.6 is 0 Å². The molecule has 0 aliphatic carbocycles. The Bertz CT molecular complexity index is 676. The summed E-state index contributed by atoms with van der Waals surface area (Å²) in [6.07, 6.45) is -11.9. The lowest BCUT2D eigenvalue weighted by molar-refractivity contribution is -0.328. The molecule has 2 amide bonds. The molecule has 10 atom stereocenters. The van der Waals surface area contributed by atoms with Gasteiger partial charge in [-0.3, -0.25) is 14.4 Å². The van der Waals surface area contributed by atoms with Gasteiger partial charge < -0.3 is 55.1 Å². The molecule has 0 aromatic rings. The number of aliphatic hydroxyl groups excluding tert-OH is 5. The van der Waals surface area contributed by atoms with Crippen LogP contribution in [0.15, 0.2) is 0 Å². The van der Waals surface area contributed by atoms with E-state index >= 15 is 0 Å². The van der Waals surface area contributed by atoms with Crippen LogP contribution < -0.4 is 10.6 Å². The molecule has 2 rings (SSSR count). The summed E-state index contributed by atoms with van der Waals surface area (Å²) in [5.74, 6) is -1.86. The maximum atomic E-state index is 11.6. The first-order chi connectivity index (χ1) is 15.0. The van der Waals surface area contributed by atoms with E-state index < -0.39 is 92.3 Å². The molecule has 0 aromatic carbocycles. The summed E-state index contributed by atoms with van der Waals surface area (Å²) in [6.45, 7) is 2.29. The van der Waals surface area contributed by atoms with Gasteiger partial charge in [0.15, 0.2) is 12.6 Å². The smallest absolute Gasteiger partial charge is 0.302 e. The third-order valence-corrected chi connectivity index (χ3v) is 5.06. The van der Waals surface area contributed by atoms with Crippen molar-refractivity contribution in [1.29, 1.82) is 0 Å². The maximum Gasteiger partial charge on any atom is 0.302 e. The lowest BCUT2D eigenvalue weighted by atomic mass is 9.94. The van der Waals surface area contributed by atoms with Gasteiger partial charge in [-0.25, -0.2) is 0 Å². The van der Waals surface area contributed by atoms with E-state index in [-0.39, 0.29) is 0 Å². The van der Waals surface area contributed by atoms with Crippen LogP contribution in [0.3, 0.4) is 0 Å². The van der Waals surface area contributed by atoms with Crippen molar-refractivity contribution in [3.63, 3.8) is 0 Å². The fraction of sp³-hybridized carbons (Fsp3) is 0.833. The topological polar surface area (TPSA) is 213 Å². The highest BCUT2D eigenvalue weighted by atomic mass is 16.7. The third-order valence-electron chi connectivity index (χ3n) is 5.06. The molecular weight excluding hydrogens is 436 g/mol. The number of hydrogen-bond acceptors (Lipinski definition) is 12. The van der Waals surface area contributed by atoms with Crippen molar-refractivity contribution in [3.05, 3.63) is 0 Å². The standard InChI is InChI=1S/C18H30N2O12/c1-6(22)19-11-15(27)16(10(30-17(11)28)5-29-8(3)24)32-18-12(20-7(2)23)14(26)13(25)9(4-21)31-18/h9-18,21,25-28H,4-5H2,1-3H3,(H,19,22)(H,20,23)/t9-,10-,11-,12-,13-,14-,15-,16-,17?,18+/m1/s1. The molecule has 2 fully saturated rings. The Kier molecular flexibility index (Phi) is 9.29. The van der Waals surface area contributed by atoms with Crippen LogP contribution in [0.4, 0.5) is 0 Å². The molecule has 1 unspecified atom stereocenters. The van der Waals surface area contributed by atoms with Crippen molar-refractivity contribution in [2.75, 3.05) is 13.2 Å². The van der Waals surface area contributed by atoms with E-state index in [0.717, 1.165) is 20.8 Å². The van der Waals surface area contributed by atoms with Gasteiger partial charge in [-0.05, 0) is 0 Å². The normalized spacial score (nSPS) is 39.8. The Morgan fingerprint density at radius 1 is 0.844 bits per heavy atom. The fourth-order valence-electron chi connectivity index (χ4n) is 3.57. The van der Waals surface area contributed by atoms with E-state index in [1.165, 1.54) is 0 Å². The highest BCUT2D eigenvalue weighted by Crippen LogP contribution is 2.29. The summed E-state index contributed by atoms with van der Waals surface area (Å²) in [5, 5.41) is 55.7. The van der Waals surface area contributed by atoms with E-state index in [0.29, 0.717) is 0 Å². The van der Waals surface area contributed by atoms with Crippen molar-refractivity contribution < 1.29 is 58.9 Å². The SMILES string of the molecule is CC(=O)N[C@H]1[C@H](O[C@H]2[C@H](O)[C@@H](NC(C)=O)C(O)O[C@@H]2COC(C)=O)O[C@H](CO)[C@@H](O)[C@@H]1O. The van der Waals surface area contributed by atoms with Crippen molar-refractivity contribution in [2.24, 2.45) is 0 Å². The molecule has 7 N–H and O–H groups in total. The van der Waals surface area contributed by atoms with E-state index in [2.05, 4.69) is 10.6 Å². The Labute approximate surface area is 183 Å². The molecule has 14 heteroatoms. The number of esters is 1. The minimum absolute atomic E-state index is 0.451. The fourth-order valence-corrected chi connectivity index (χ4v) is 3.57. The Morgan fingerprint density at radius 3 is 1.97 bits per heavy atom. The lowest BCUT2D eigenvalue weighted by Crippen LogP contribution is -2.69. The Hall–Kier alpha value is -1.91. The summed E-state index contributed by atoms with van der Waals surface area (Å²) in [4.78, 5) is 34.3. The van der Waals surface area contributed by atoms with Crippen LogP contribution in [-0.4, -0.2) is 118 Å². The van der Waals surface area contributed by atoms with Crippen molar-refractivity contribution >= 4 is 17.8 Å². The first kappa shape index (κ1) is 26.3. The Morgan fingerprint density at radius 2 is 1.44 bits per heavy atom. The molecule has 14 nitrogen and oxygen atoms in total. The maximum absolute atomic E-state index is 11.6. The first-order valence-electron chi connectivity index (χ1n) is 9.93. The third kappa shape index (κ3) is 6.32. The van der Waals surface area contributed by atoms with Crippen LogP contribution in [0, 0.1) is 0 Å². The second-order valence-corrected chi connectivity index (χ2v) is 7.62. The van der Waals surface area contributed by atoms with Crippen LogP contribution in [0.25, 0.3) is 0 Å². The van der Waals surface area contributed by atoms with Gasteiger partial charge in [0.05, 0.1) is 6.61 Å². The molecule has 184 valence electrons. The summed E-state index contributed by atoms with van der Waals surface area (Å²) in [5.41, 5.74) is 0. The molecule has 2 aliphatic rings. The molecule has 2 aliphatic heterocycles. The molecule has 0 aromatic heterocycles. The van der Waals surface area contributed by atoms with Crippen LogP contribution in [0.5, 0.6) is 0 Å². The zero-order valence-electron chi connectivity index (χ0n) is 17.8. The Balaban J connectivity index is 2.32. The molecular formula is C18H30N2O12. The number of hydrogen-bond donors (Lipinski definition) is 7. The highest BCUT2D eigenvalue weighted by molar-refractivity contribution is 5.73. The average molecular weight is 466 g/mol. The quantitative estimate of drug-likeness (QED) is 0.177. The van der Waals surface area contributed by atoms with Crippen molar-refractivity contribution in [1.82, 2.24) is 10.6 Å². The molecule has 2 saturated heterocycles. The van der Waals surface area contributed by atoms with Crippen molar-refractivity contribution in [2.45, 2.75) is 82.1 Å². The number of aliphatic hydroxyl groups is 5. The van der Waals surface area contributed by atoms with Gasteiger partial charge >= 0.3 is 5.97 Å². The summed E-state index contributed by atoms with van der Waals surface area (Å²) >= 11 is 0. The zero-order valence-corrected chi connectivity index (χ0v) is 17.8. The number of rotatable bonds is 7. The van der Waals surface area contributed by atoms with E-state index in [9.17, 15) is 39.9 Å². The average Bonchev–Trinajstić information content (AvgIpc) is 2.70. The number of nitrogens with one attached hydrogen (secondary N) is 2. The second-order valence-electron chi connectivity index (χ2n) is 7.62. The summed E-state index contributed by atoms with van der Waals surface area (Å²) in [6, 6.07) is -2.66. The molecule has 0 bridgehead atoms. The van der Waals surface area contributed by atoms with E-state index in [1.54, 1.807) is 0 Å². The molecule has 0 spiro atoms. The summed E-state index contributed by atoms with van der Waals surface area (Å²) in [7, 11) is 0. The van der Waals surface area contributed by atoms with Gasteiger partial charge in [0, 0.05) is 20.8 Å². The van der Waals surface area contributed by atoms with Crippen LogP contribution in [-0.2, 0) is 33.3 Å². The van der Waals surface area contributed by atoms with Gasteiger partial charge in [0.1, 0.15) is 55.3 Å². The number of amides is 2. The summed E-state index contributed by atoms with van der Waals surface area (Å²) < 4.78 is 21.5. The molecule has 2 heterocycles. The minimum atomic E-state index is -1.68. The van der Waals surface area contributed by atoms with Gasteiger partial charge in [-0.2, -0.15) is 0 Å². The van der Waals surface area contributed by atoms with Gasteiger partial charge in [0.2, 0.25) is 11.8 Å². The highest BCUT2D eigenvalue weighted by Gasteiger charge is 2.51. The predicted molar refractivity (Wildman–Crippen MR) is 101 cm³/mol.